The van der Waals surface area contributed by atoms with Gasteiger partial charge in [-0.3, -0.25) is 0 Å². The Balaban J connectivity index is 3.27. The van der Waals surface area contributed by atoms with Crippen molar-refractivity contribution in [3.8, 4) is 0 Å². The molecule has 1 aromatic rings. The standard InChI is InChI=1S/C7H5Cl3O2/c1-4-2-5(7(8,9)10)12-6(11)3-4/h2-3H,1H3. The smallest absolute Gasteiger partial charge is 0.336 e. The maximum absolute atomic E-state index is 10.8. The molecule has 0 spiro atoms. The van der Waals surface area contributed by atoms with Crippen LogP contribution in [-0.2, 0) is 3.79 Å². The van der Waals surface area contributed by atoms with Crippen LogP contribution in [0.3, 0.4) is 0 Å². The zero-order chi connectivity index (χ0) is 9.35. The van der Waals surface area contributed by atoms with Crippen molar-refractivity contribution in [1.29, 1.82) is 0 Å². The van der Waals surface area contributed by atoms with E-state index in [1.807, 2.05) is 0 Å². The topological polar surface area (TPSA) is 30.2 Å². The lowest BCUT2D eigenvalue weighted by atomic mass is 10.3. The van der Waals surface area contributed by atoms with Gasteiger partial charge in [-0.05, 0) is 18.6 Å². The number of hydrogen-bond acceptors (Lipinski definition) is 2. The molecule has 5 heteroatoms. The minimum Gasteiger partial charge on any atom is -0.423 e. The summed E-state index contributed by atoms with van der Waals surface area (Å²) in [5.74, 6) is 0.0394. The van der Waals surface area contributed by atoms with Crippen LogP contribution in [0.25, 0.3) is 0 Å². The maximum Gasteiger partial charge on any atom is 0.336 e. The van der Waals surface area contributed by atoms with Gasteiger partial charge < -0.3 is 4.42 Å². The number of halogens is 3. The van der Waals surface area contributed by atoms with Gasteiger partial charge in [0.1, 0.15) is 0 Å². The van der Waals surface area contributed by atoms with E-state index in [1.165, 1.54) is 12.1 Å². The predicted octanol–water partition coefficient (Wildman–Crippen LogP) is 2.77. The molecule has 1 heterocycles. The molecule has 1 aromatic heterocycles. The second-order valence-corrected chi connectivity index (χ2v) is 4.60. The monoisotopic (exact) mass is 226 g/mol. The molecule has 12 heavy (non-hydrogen) atoms. The van der Waals surface area contributed by atoms with Gasteiger partial charge in [-0.15, -0.1) is 0 Å². The minimum absolute atomic E-state index is 0.0394. The predicted molar refractivity (Wildman–Crippen MR) is 49.0 cm³/mol. The van der Waals surface area contributed by atoms with Gasteiger partial charge in [0.15, 0.2) is 5.76 Å². The van der Waals surface area contributed by atoms with E-state index in [1.54, 1.807) is 6.92 Å². The highest BCUT2D eigenvalue weighted by atomic mass is 35.6. The summed E-state index contributed by atoms with van der Waals surface area (Å²) in [5, 5.41) is 0. The van der Waals surface area contributed by atoms with Crippen molar-refractivity contribution in [2.24, 2.45) is 0 Å². The van der Waals surface area contributed by atoms with E-state index < -0.39 is 9.42 Å². The fourth-order valence-electron chi connectivity index (χ4n) is 0.741. The first-order valence-electron chi connectivity index (χ1n) is 3.08. The van der Waals surface area contributed by atoms with E-state index in [2.05, 4.69) is 4.42 Å². The Labute approximate surface area is 84.0 Å². The Morgan fingerprint density at radius 1 is 1.33 bits per heavy atom. The molecule has 1 rings (SSSR count). The molecule has 0 aliphatic heterocycles. The first-order valence-corrected chi connectivity index (χ1v) is 4.22. The van der Waals surface area contributed by atoms with E-state index in [0.717, 1.165) is 0 Å². The van der Waals surface area contributed by atoms with Gasteiger partial charge in [-0.25, -0.2) is 4.79 Å². The van der Waals surface area contributed by atoms with Crippen LogP contribution in [0, 0.1) is 6.92 Å². The molecule has 0 bridgehead atoms. The van der Waals surface area contributed by atoms with E-state index >= 15 is 0 Å². The van der Waals surface area contributed by atoms with Crippen LogP contribution in [0.15, 0.2) is 21.3 Å². The Hall–Kier alpha value is -0.180. The van der Waals surface area contributed by atoms with Crippen LogP contribution < -0.4 is 5.63 Å². The molecule has 0 amide bonds. The summed E-state index contributed by atoms with van der Waals surface area (Å²) >= 11 is 16.5. The van der Waals surface area contributed by atoms with Gasteiger partial charge in [0.05, 0.1) is 0 Å². The van der Waals surface area contributed by atoms with E-state index in [-0.39, 0.29) is 5.76 Å². The Morgan fingerprint density at radius 3 is 2.33 bits per heavy atom. The number of hydrogen-bond donors (Lipinski definition) is 0. The Bertz CT molecular complexity index is 337. The van der Waals surface area contributed by atoms with E-state index in [0.29, 0.717) is 5.56 Å². The summed E-state index contributed by atoms with van der Waals surface area (Å²) < 4.78 is 3.00. The summed E-state index contributed by atoms with van der Waals surface area (Å²) in [6.07, 6.45) is 0. The third-order valence-electron chi connectivity index (χ3n) is 1.19. The third kappa shape index (κ3) is 2.41. The average Bonchev–Trinajstić information content (AvgIpc) is 1.82. The van der Waals surface area contributed by atoms with Crippen LogP contribution in [-0.4, -0.2) is 0 Å². The van der Waals surface area contributed by atoms with Gasteiger partial charge in [-0.2, -0.15) is 0 Å². The molecular weight excluding hydrogens is 222 g/mol. The van der Waals surface area contributed by atoms with Gasteiger partial charge in [0, 0.05) is 6.07 Å². The van der Waals surface area contributed by atoms with Gasteiger partial charge in [-0.1, -0.05) is 34.8 Å². The average molecular weight is 227 g/mol. The molecule has 0 unspecified atom stereocenters. The lowest BCUT2D eigenvalue weighted by Crippen LogP contribution is -2.07. The molecule has 2 nitrogen and oxygen atoms in total. The van der Waals surface area contributed by atoms with Crippen molar-refractivity contribution in [3.63, 3.8) is 0 Å². The highest BCUT2D eigenvalue weighted by molar-refractivity contribution is 6.66. The Kier molecular flexibility index (Phi) is 2.71. The van der Waals surface area contributed by atoms with Crippen LogP contribution in [0.4, 0.5) is 0 Å². The van der Waals surface area contributed by atoms with Crippen LogP contribution in [0.2, 0.25) is 0 Å². The lowest BCUT2D eigenvalue weighted by Gasteiger charge is -2.08. The first kappa shape index (κ1) is 9.90. The molecule has 0 atom stereocenters. The first-order chi connectivity index (χ1) is 5.39. The fourth-order valence-corrected chi connectivity index (χ4v) is 1.02. The van der Waals surface area contributed by atoms with Crippen molar-refractivity contribution in [1.82, 2.24) is 0 Å². The second kappa shape index (κ2) is 3.29. The van der Waals surface area contributed by atoms with Crippen molar-refractivity contribution in [2.45, 2.75) is 10.7 Å². The van der Waals surface area contributed by atoms with Crippen LogP contribution in [0.5, 0.6) is 0 Å². The molecule has 0 radical (unpaired) electrons. The number of rotatable bonds is 0. The van der Waals surface area contributed by atoms with E-state index in [4.69, 9.17) is 34.8 Å². The van der Waals surface area contributed by atoms with Crippen LogP contribution >= 0.6 is 34.8 Å². The van der Waals surface area contributed by atoms with Crippen molar-refractivity contribution in [3.05, 3.63) is 33.9 Å². The second-order valence-electron chi connectivity index (χ2n) is 2.32. The SMILES string of the molecule is Cc1cc(C(Cl)(Cl)Cl)oc(=O)c1. The molecule has 0 aliphatic carbocycles. The van der Waals surface area contributed by atoms with Crippen molar-refractivity contribution >= 4 is 34.8 Å². The van der Waals surface area contributed by atoms with Crippen molar-refractivity contribution < 1.29 is 4.42 Å². The molecule has 66 valence electrons. The fraction of sp³-hybridized carbons (Fsp3) is 0.286. The minimum atomic E-state index is -1.68. The molecule has 0 aliphatic rings. The van der Waals surface area contributed by atoms with Crippen molar-refractivity contribution in [2.75, 3.05) is 0 Å². The molecule has 0 fully saturated rings. The maximum atomic E-state index is 10.8. The normalized spacial score (nSPS) is 11.7. The molecule has 0 N–H and O–H groups in total. The van der Waals surface area contributed by atoms with Gasteiger partial charge in [0.2, 0.25) is 3.79 Å². The summed E-state index contributed by atoms with van der Waals surface area (Å²) in [4.78, 5) is 10.8. The lowest BCUT2D eigenvalue weighted by molar-refractivity contribution is 0.464. The zero-order valence-electron chi connectivity index (χ0n) is 6.11. The highest BCUT2D eigenvalue weighted by Gasteiger charge is 2.26. The molecule has 0 saturated carbocycles. The molecule has 0 saturated heterocycles. The van der Waals surface area contributed by atoms with Gasteiger partial charge >= 0.3 is 5.63 Å². The highest BCUT2D eigenvalue weighted by Crippen LogP contribution is 2.37. The summed E-state index contributed by atoms with van der Waals surface area (Å²) in [6.45, 7) is 1.72. The number of aryl methyl sites for hydroxylation is 1. The number of alkyl halides is 3. The van der Waals surface area contributed by atoms with Crippen LogP contribution in [0.1, 0.15) is 11.3 Å². The zero-order valence-corrected chi connectivity index (χ0v) is 8.37. The summed E-state index contributed by atoms with van der Waals surface area (Å²) in [7, 11) is 0. The van der Waals surface area contributed by atoms with Gasteiger partial charge in [0.25, 0.3) is 0 Å². The molecule has 0 aromatic carbocycles. The summed E-state index contributed by atoms with van der Waals surface area (Å²) in [5.41, 5.74) is 0.184. The summed E-state index contributed by atoms with van der Waals surface area (Å²) in [6, 6.07) is 2.83. The molecular formula is C7H5Cl3O2. The third-order valence-corrected chi connectivity index (χ3v) is 1.75. The quantitative estimate of drug-likeness (QED) is 0.638. The Morgan fingerprint density at radius 2 is 1.92 bits per heavy atom. The largest absolute Gasteiger partial charge is 0.423 e. The van der Waals surface area contributed by atoms with E-state index in [9.17, 15) is 4.79 Å².